The van der Waals surface area contributed by atoms with Crippen molar-refractivity contribution in [2.24, 2.45) is 5.73 Å². The molecule has 0 aliphatic rings. The Balaban J connectivity index is 3.01. The second-order valence-corrected chi connectivity index (χ2v) is 3.91. The van der Waals surface area contributed by atoms with Crippen LogP contribution in [0.5, 0.6) is 0 Å². The fourth-order valence-corrected chi connectivity index (χ4v) is 1.53. The SMILES string of the molecule is COC(=O)c1cc(C(O)C(O)CC(N)=O)ccc1F. The molecule has 4 N–H and O–H groups in total. The number of halogens is 1. The van der Waals surface area contributed by atoms with Crippen LogP contribution in [0.3, 0.4) is 0 Å². The number of primary amides is 1. The van der Waals surface area contributed by atoms with Gasteiger partial charge in [0, 0.05) is 0 Å². The van der Waals surface area contributed by atoms with Crippen molar-refractivity contribution in [3.05, 3.63) is 35.1 Å². The van der Waals surface area contributed by atoms with Crippen molar-refractivity contribution in [2.75, 3.05) is 7.11 Å². The number of esters is 1. The number of benzene rings is 1. The lowest BCUT2D eigenvalue weighted by Gasteiger charge is -2.17. The third-order valence-corrected chi connectivity index (χ3v) is 2.51. The van der Waals surface area contributed by atoms with Gasteiger partial charge >= 0.3 is 5.97 Å². The molecule has 0 spiro atoms. The molecular weight excluding hydrogens is 257 g/mol. The highest BCUT2D eigenvalue weighted by molar-refractivity contribution is 5.89. The number of carbonyl (C=O) groups is 2. The van der Waals surface area contributed by atoms with Gasteiger partial charge in [-0.1, -0.05) is 6.07 Å². The van der Waals surface area contributed by atoms with E-state index in [9.17, 15) is 24.2 Å². The molecule has 104 valence electrons. The van der Waals surface area contributed by atoms with E-state index in [0.717, 1.165) is 19.2 Å². The van der Waals surface area contributed by atoms with E-state index in [2.05, 4.69) is 4.74 Å². The van der Waals surface area contributed by atoms with E-state index in [0.29, 0.717) is 0 Å². The van der Waals surface area contributed by atoms with Gasteiger partial charge in [0.25, 0.3) is 0 Å². The molecule has 0 radical (unpaired) electrons. The van der Waals surface area contributed by atoms with Crippen molar-refractivity contribution < 1.29 is 28.9 Å². The van der Waals surface area contributed by atoms with Gasteiger partial charge in [-0.05, 0) is 17.7 Å². The normalized spacial score (nSPS) is 13.7. The van der Waals surface area contributed by atoms with Gasteiger partial charge in [0.05, 0.1) is 25.2 Å². The number of ether oxygens (including phenoxy) is 1. The van der Waals surface area contributed by atoms with E-state index in [1.807, 2.05) is 0 Å². The zero-order chi connectivity index (χ0) is 14.6. The summed E-state index contributed by atoms with van der Waals surface area (Å²) in [7, 11) is 1.09. The van der Waals surface area contributed by atoms with E-state index < -0.39 is 36.3 Å². The Morgan fingerprint density at radius 3 is 2.58 bits per heavy atom. The van der Waals surface area contributed by atoms with Crippen LogP contribution in [0.2, 0.25) is 0 Å². The second-order valence-electron chi connectivity index (χ2n) is 3.91. The average molecular weight is 271 g/mol. The topological polar surface area (TPSA) is 110 Å². The second kappa shape index (κ2) is 6.26. The molecule has 1 amide bonds. The van der Waals surface area contributed by atoms with Crippen LogP contribution >= 0.6 is 0 Å². The lowest BCUT2D eigenvalue weighted by atomic mass is 9.99. The predicted molar refractivity (Wildman–Crippen MR) is 62.5 cm³/mol. The Labute approximate surface area is 108 Å². The number of amides is 1. The minimum absolute atomic E-state index is 0.0792. The van der Waals surface area contributed by atoms with E-state index in [4.69, 9.17) is 5.73 Å². The van der Waals surface area contributed by atoms with Crippen LogP contribution in [-0.2, 0) is 9.53 Å². The number of rotatable bonds is 5. The number of nitrogens with two attached hydrogens (primary N) is 1. The molecule has 1 aromatic carbocycles. The molecule has 2 unspecified atom stereocenters. The minimum atomic E-state index is -1.46. The van der Waals surface area contributed by atoms with Crippen LogP contribution in [0.25, 0.3) is 0 Å². The van der Waals surface area contributed by atoms with Crippen molar-refractivity contribution in [1.29, 1.82) is 0 Å². The highest BCUT2D eigenvalue weighted by atomic mass is 19.1. The van der Waals surface area contributed by atoms with Crippen molar-refractivity contribution in [1.82, 2.24) is 0 Å². The third kappa shape index (κ3) is 3.73. The van der Waals surface area contributed by atoms with E-state index >= 15 is 0 Å². The monoisotopic (exact) mass is 271 g/mol. The Hall–Kier alpha value is -1.99. The molecule has 0 saturated heterocycles. The molecule has 0 saturated carbocycles. The zero-order valence-corrected chi connectivity index (χ0v) is 10.2. The molecule has 19 heavy (non-hydrogen) atoms. The summed E-state index contributed by atoms with van der Waals surface area (Å²) >= 11 is 0. The van der Waals surface area contributed by atoms with Gasteiger partial charge in [-0.25, -0.2) is 9.18 Å². The fraction of sp³-hybridized carbons (Fsp3) is 0.333. The smallest absolute Gasteiger partial charge is 0.340 e. The summed E-state index contributed by atoms with van der Waals surface area (Å²) in [6.07, 6.45) is -3.35. The van der Waals surface area contributed by atoms with Crippen LogP contribution in [0.4, 0.5) is 4.39 Å². The van der Waals surface area contributed by atoms with Crippen LogP contribution < -0.4 is 5.73 Å². The van der Waals surface area contributed by atoms with Gasteiger partial charge in [-0.2, -0.15) is 0 Å². The molecule has 0 heterocycles. The number of carbonyl (C=O) groups excluding carboxylic acids is 2. The average Bonchev–Trinajstić information content (AvgIpc) is 2.36. The van der Waals surface area contributed by atoms with Crippen LogP contribution in [0.1, 0.15) is 28.4 Å². The summed E-state index contributed by atoms with van der Waals surface area (Å²) in [4.78, 5) is 21.9. The van der Waals surface area contributed by atoms with Crippen LogP contribution in [0, 0.1) is 5.82 Å². The number of aliphatic hydroxyl groups excluding tert-OH is 2. The molecule has 6 nitrogen and oxygen atoms in total. The van der Waals surface area contributed by atoms with Gasteiger partial charge in [0.2, 0.25) is 5.91 Å². The van der Waals surface area contributed by atoms with Crippen molar-refractivity contribution in [2.45, 2.75) is 18.6 Å². The maximum Gasteiger partial charge on any atom is 0.340 e. The molecule has 2 atom stereocenters. The molecule has 0 fully saturated rings. The van der Waals surface area contributed by atoms with Crippen molar-refractivity contribution >= 4 is 11.9 Å². The maximum absolute atomic E-state index is 13.4. The zero-order valence-electron chi connectivity index (χ0n) is 10.2. The molecule has 0 aliphatic heterocycles. The molecule has 1 rings (SSSR count). The van der Waals surface area contributed by atoms with Gasteiger partial charge < -0.3 is 20.7 Å². The highest BCUT2D eigenvalue weighted by Crippen LogP contribution is 2.22. The van der Waals surface area contributed by atoms with Crippen molar-refractivity contribution in [3.8, 4) is 0 Å². The quantitative estimate of drug-likeness (QED) is 0.647. The van der Waals surface area contributed by atoms with Crippen LogP contribution in [0.15, 0.2) is 18.2 Å². The van der Waals surface area contributed by atoms with Gasteiger partial charge in [-0.3, -0.25) is 4.79 Å². The van der Waals surface area contributed by atoms with E-state index in [1.165, 1.54) is 6.07 Å². The standard InChI is InChI=1S/C12H14FNO5/c1-19-12(18)7-4-6(2-3-8(7)13)11(17)9(15)5-10(14)16/h2-4,9,11,15,17H,5H2,1H3,(H2,14,16). The molecule has 0 aliphatic carbocycles. The largest absolute Gasteiger partial charge is 0.465 e. The van der Waals surface area contributed by atoms with E-state index in [-0.39, 0.29) is 11.1 Å². The lowest BCUT2D eigenvalue weighted by Crippen LogP contribution is -2.25. The molecular formula is C12H14FNO5. The summed E-state index contributed by atoms with van der Waals surface area (Å²) in [5.74, 6) is -2.51. The van der Waals surface area contributed by atoms with E-state index in [1.54, 1.807) is 0 Å². The van der Waals surface area contributed by atoms with Crippen LogP contribution in [-0.4, -0.2) is 35.3 Å². The number of hydrogen-bond donors (Lipinski definition) is 3. The Morgan fingerprint density at radius 2 is 2.05 bits per heavy atom. The Kier molecular flexibility index (Phi) is 4.96. The molecule has 1 aromatic rings. The summed E-state index contributed by atoms with van der Waals surface area (Å²) in [5.41, 5.74) is 4.60. The first-order valence-corrected chi connectivity index (χ1v) is 5.39. The first kappa shape index (κ1) is 15.1. The summed E-state index contributed by atoms with van der Waals surface area (Å²) in [6.45, 7) is 0. The molecule has 7 heteroatoms. The molecule has 0 bridgehead atoms. The number of hydrogen-bond acceptors (Lipinski definition) is 5. The first-order chi connectivity index (χ1) is 8.86. The van der Waals surface area contributed by atoms with Gasteiger partial charge in [-0.15, -0.1) is 0 Å². The fourth-order valence-electron chi connectivity index (χ4n) is 1.53. The minimum Gasteiger partial charge on any atom is -0.465 e. The third-order valence-electron chi connectivity index (χ3n) is 2.51. The highest BCUT2D eigenvalue weighted by Gasteiger charge is 2.22. The summed E-state index contributed by atoms with van der Waals surface area (Å²) in [5, 5.41) is 19.3. The van der Waals surface area contributed by atoms with Gasteiger partial charge in [0.15, 0.2) is 0 Å². The van der Waals surface area contributed by atoms with Crippen molar-refractivity contribution in [3.63, 3.8) is 0 Å². The van der Waals surface area contributed by atoms with Gasteiger partial charge in [0.1, 0.15) is 11.9 Å². The Morgan fingerprint density at radius 1 is 1.42 bits per heavy atom. The first-order valence-electron chi connectivity index (χ1n) is 5.39. The predicted octanol–water partition coefficient (Wildman–Crippen LogP) is -0.118. The number of methoxy groups -OCH3 is 1. The Bertz CT molecular complexity index is 491. The number of aliphatic hydroxyl groups is 2. The lowest BCUT2D eigenvalue weighted by molar-refractivity contribution is -0.121. The molecule has 0 aromatic heterocycles. The summed E-state index contributed by atoms with van der Waals surface area (Å²) in [6, 6.07) is 3.20. The summed E-state index contributed by atoms with van der Waals surface area (Å²) < 4.78 is 17.7. The maximum atomic E-state index is 13.4.